The molecular formula is C7H14N2O3S. The van der Waals surface area contributed by atoms with E-state index in [-0.39, 0.29) is 12.3 Å². The molecular weight excluding hydrogens is 192 g/mol. The fourth-order valence-corrected chi connectivity index (χ4v) is 2.52. The number of carbonyl (C=O) groups is 1. The Morgan fingerprint density at radius 2 is 1.92 bits per heavy atom. The van der Waals surface area contributed by atoms with Crippen LogP contribution < -0.4 is 4.72 Å². The first-order valence-electron chi connectivity index (χ1n) is 4.26. The molecule has 0 aromatic heterocycles. The van der Waals surface area contributed by atoms with Gasteiger partial charge in [0.15, 0.2) is 0 Å². The lowest BCUT2D eigenvalue weighted by Gasteiger charge is -2.14. The van der Waals surface area contributed by atoms with Gasteiger partial charge in [-0.05, 0) is 19.8 Å². The molecule has 0 aliphatic carbocycles. The van der Waals surface area contributed by atoms with Crippen molar-refractivity contribution in [3.05, 3.63) is 0 Å². The first-order chi connectivity index (χ1) is 6.02. The van der Waals surface area contributed by atoms with E-state index in [1.54, 1.807) is 0 Å². The van der Waals surface area contributed by atoms with Crippen molar-refractivity contribution in [2.24, 2.45) is 0 Å². The van der Waals surface area contributed by atoms with Crippen molar-refractivity contribution in [3.63, 3.8) is 0 Å². The highest BCUT2D eigenvalue weighted by Crippen LogP contribution is 2.10. The zero-order chi connectivity index (χ0) is 9.90. The highest BCUT2D eigenvalue weighted by molar-refractivity contribution is 7.87. The molecule has 1 heterocycles. The van der Waals surface area contributed by atoms with E-state index in [2.05, 4.69) is 4.72 Å². The van der Waals surface area contributed by atoms with Crippen LogP contribution in [0.15, 0.2) is 0 Å². The van der Waals surface area contributed by atoms with Crippen LogP contribution in [0.25, 0.3) is 0 Å². The van der Waals surface area contributed by atoms with E-state index in [0.29, 0.717) is 13.1 Å². The van der Waals surface area contributed by atoms with Crippen LogP contribution in [0.4, 0.5) is 0 Å². The number of hydrogen-bond acceptors (Lipinski definition) is 3. The molecule has 6 heteroatoms. The summed E-state index contributed by atoms with van der Waals surface area (Å²) >= 11 is 0. The predicted molar refractivity (Wildman–Crippen MR) is 48.4 cm³/mol. The molecule has 0 bridgehead atoms. The summed E-state index contributed by atoms with van der Waals surface area (Å²) in [7, 11) is -3.39. The maximum Gasteiger partial charge on any atom is 0.279 e. The minimum absolute atomic E-state index is 0.112. The molecule has 76 valence electrons. The standard InChI is InChI=1S/C7H14N2O3S/c1-7(10)6-8-13(11,12)9-4-2-3-5-9/h8H,2-6H2,1H3. The molecule has 13 heavy (non-hydrogen) atoms. The van der Waals surface area contributed by atoms with Crippen LogP contribution in [0.1, 0.15) is 19.8 Å². The van der Waals surface area contributed by atoms with Gasteiger partial charge in [-0.15, -0.1) is 0 Å². The Bertz CT molecular complexity index is 280. The predicted octanol–water partition coefficient (Wildman–Crippen LogP) is -0.494. The van der Waals surface area contributed by atoms with E-state index in [1.165, 1.54) is 11.2 Å². The Kier molecular flexibility index (Phi) is 3.40. The Hall–Kier alpha value is -0.460. The van der Waals surface area contributed by atoms with Gasteiger partial charge >= 0.3 is 0 Å². The van der Waals surface area contributed by atoms with Crippen molar-refractivity contribution in [1.82, 2.24) is 9.03 Å². The number of Topliss-reactive ketones (excluding diaryl/α,β-unsaturated/α-hetero) is 1. The summed E-state index contributed by atoms with van der Waals surface area (Å²) in [5, 5.41) is 0. The number of rotatable bonds is 4. The molecule has 0 aromatic rings. The second-order valence-electron chi connectivity index (χ2n) is 3.13. The largest absolute Gasteiger partial charge is 0.299 e. The van der Waals surface area contributed by atoms with Gasteiger partial charge in [0.05, 0.1) is 6.54 Å². The lowest BCUT2D eigenvalue weighted by Crippen LogP contribution is -2.40. The quantitative estimate of drug-likeness (QED) is 0.674. The van der Waals surface area contributed by atoms with E-state index in [0.717, 1.165) is 12.8 Å². The summed E-state index contributed by atoms with van der Waals surface area (Å²) < 4.78 is 26.4. The normalized spacial score (nSPS) is 19.2. The molecule has 0 saturated carbocycles. The monoisotopic (exact) mass is 206 g/mol. The Labute approximate surface area is 78.3 Å². The first kappa shape index (κ1) is 10.6. The molecule has 0 amide bonds. The minimum atomic E-state index is -3.39. The zero-order valence-corrected chi connectivity index (χ0v) is 8.43. The molecule has 0 atom stereocenters. The highest BCUT2D eigenvalue weighted by atomic mass is 32.2. The number of nitrogens with one attached hydrogen (secondary N) is 1. The van der Waals surface area contributed by atoms with Crippen molar-refractivity contribution >= 4 is 16.0 Å². The van der Waals surface area contributed by atoms with Crippen LogP contribution in [0.2, 0.25) is 0 Å². The summed E-state index contributed by atoms with van der Waals surface area (Å²) in [4.78, 5) is 10.6. The van der Waals surface area contributed by atoms with Crippen LogP contribution in [0.3, 0.4) is 0 Å². The lowest BCUT2D eigenvalue weighted by atomic mass is 10.4. The van der Waals surface area contributed by atoms with Crippen molar-refractivity contribution in [2.75, 3.05) is 19.6 Å². The zero-order valence-electron chi connectivity index (χ0n) is 7.62. The van der Waals surface area contributed by atoms with Gasteiger partial charge in [0, 0.05) is 13.1 Å². The number of hydrogen-bond donors (Lipinski definition) is 1. The third kappa shape index (κ3) is 3.06. The molecule has 0 spiro atoms. The molecule has 0 unspecified atom stereocenters. The topological polar surface area (TPSA) is 66.5 Å². The van der Waals surface area contributed by atoms with E-state index >= 15 is 0 Å². The second-order valence-corrected chi connectivity index (χ2v) is 4.89. The maximum absolute atomic E-state index is 11.4. The Morgan fingerprint density at radius 1 is 1.38 bits per heavy atom. The average Bonchev–Trinajstić information content (AvgIpc) is 2.53. The first-order valence-corrected chi connectivity index (χ1v) is 5.70. The fraction of sp³-hybridized carbons (Fsp3) is 0.857. The molecule has 1 aliphatic rings. The van der Waals surface area contributed by atoms with Gasteiger partial charge in [0.1, 0.15) is 5.78 Å². The van der Waals surface area contributed by atoms with Crippen LogP contribution in [-0.2, 0) is 15.0 Å². The van der Waals surface area contributed by atoms with Crippen molar-refractivity contribution in [1.29, 1.82) is 0 Å². The fourth-order valence-electron chi connectivity index (χ4n) is 1.21. The van der Waals surface area contributed by atoms with E-state index < -0.39 is 10.2 Å². The van der Waals surface area contributed by atoms with Crippen LogP contribution in [0, 0.1) is 0 Å². The summed E-state index contributed by atoms with van der Waals surface area (Å²) in [6, 6.07) is 0. The van der Waals surface area contributed by atoms with Gasteiger partial charge in [0.25, 0.3) is 10.2 Å². The van der Waals surface area contributed by atoms with E-state index in [1.807, 2.05) is 0 Å². The minimum Gasteiger partial charge on any atom is -0.299 e. The van der Waals surface area contributed by atoms with Crippen LogP contribution >= 0.6 is 0 Å². The number of carbonyl (C=O) groups excluding carboxylic acids is 1. The summed E-state index contributed by atoms with van der Waals surface area (Å²) in [6.45, 7) is 2.37. The van der Waals surface area contributed by atoms with Gasteiger partial charge in [-0.1, -0.05) is 0 Å². The van der Waals surface area contributed by atoms with Crippen LogP contribution in [0.5, 0.6) is 0 Å². The second kappa shape index (κ2) is 4.17. The lowest BCUT2D eigenvalue weighted by molar-refractivity contribution is -0.115. The Balaban J connectivity index is 2.50. The maximum atomic E-state index is 11.4. The average molecular weight is 206 g/mol. The van der Waals surface area contributed by atoms with E-state index in [4.69, 9.17) is 0 Å². The van der Waals surface area contributed by atoms with Crippen molar-refractivity contribution in [2.45, 2.75) is 19.8 Å². The molecule has 1 saturated heterocycles. The molecule has 1 fully saturated rings. The van der Waals surface area contributed by atoms with Crippen molar-refractivity contribution < 1.29 is 13.2 Å². The molecule has 0 aromatic carbocycles. The molecule has 0 radical (unpaired) electrons. The summed E-state index contributed by atoms with van der Waals surface area (Å²) in [5.74, 6) is -0.178. The molecule has 1 aliphatic heterocycles. The van der Waals surface area contributed by atoms with Gasteiger partial charge in [0.2, 0.25) is 0 Å². The van der Waals surface area contributed by atoms with E-state index in [9.17, 15) is 13.2 Å². The highest BCUT2D eigenvalue weighted by Gasteiger charge is 2.24. The molecule has 1 N–H and O–H groups in total. The van der Waals surface area contributed by atoms with Crippen molar-refractivity contribution in [3.8, 4) is 0 Å². The summed E-state index contributed by atoms with van der Waals surface area (Å²) in [5.41, 5.74) is 0. The molecule has 1 rings (SSSR count). The molecule has 5 nitrogen and oxygen atoms in total. The smallest absolute Gasteiger partial charge is 0.279 e. The summed E-state index contributed by atoms with van der Waals surface area (Å²) in [6.07, 6.45) is 1.81. The van der Waals surface area contributed by atoms with Gasteiger partial charge < -0.3 is 0 Å². The Morgan fingerprint density at radius 3 is 2.38 bits per heavy atom. The van der Waals surface area contributed by atoms with Gasteiger partial charge in [-0.25, -0.2) is 0 Å². The van der Waals surface area contributed by atoms with Gasteiger partial charge in [-0.2, -0.15) is 17.4 Å². The number of nitrogens with zero attached hydrogens (tertiary/aromatic N) is 1. The number of ketones is 1. The van der Waals surface area contributed by atoms with Crippen LogP contribution in [-0.4, -0.2) is 38.1 Å². The third-order valence-electron chi connectivity index (χ3n) is 1.91. The SMILES string of the molecule is CC(=O)CNS(=O)(=O)N1CCCC1. The van der Waals surface area contributed by atoms with Gasteiger partial charge in [-0.3, -0.25) is 4.79 Å². The third-order valence-corrected chi connectivity index (χ3v) is 3.46.